The van der Waals surface area contributed by atoms with Gasteiger partial charge in [0.05, 0.1) is 34.5 Å². The Bertz CT molecular complexity index is 1170. The number of fused-ring (bicyclic) bond motifs is 2. The summed E-state index contributed by atoms with van der Waals surface area (Å²) in [4.78, 5) is 17.6. The van der Waals surface area contributed by atoms with Crippen LogP contribution in [0.2, 0.25) is 0 Å². The first-order valence-corrected chi connectivity index (χ1v) is 8.73. The highest BCUT2D eigenvalue weighted by atomic mass is 16.5. The summed E-state index contributed by atoms with van der Waals surface area (Å²) in [6, 6.07) is 22.5. The fraction of sp³-hybridized carbons (Fsp3) is 0. The average Bonchev–Trinajstić information content (AvgIpc) is 2.75. The maximum atomic E-state index is 5.79. The molecule has 0 bridgehead atoms. The lowest BCUT2D eigenvalue weighted by molar-refractivity contribution is 0.450. The van der Waals surface area contributed by atoms with E-state index in [-0.39, 0.29) is 0 Å². The van der Waals surface area contributed by atoms with E-state index < -0.39 is 0 Å². The topological polar surface area (TPSA) is 70.0 Å². The molecule has 3 aromatic carbocycles. The van der Waals surface area contributed by atoms with Crippen LogP contribution in [0.15, 0.2) is 85.2 Å². The predicted molar refractivity (Wildman–Crippen MR) is 106 cm³/mol. The molecule has 0 N–H and O–H groups in total. The van der Waals surface area contributed by atoms with Crippen LogP contribution in [0.5, 0.6) is 23.3 Å². The summed E-state index contributed by atoms with van der Waals surface area (Å²) in [7, 11) is 0. The van der Waals surface area contributed by atoms with Crippen LogP contribution < -0.4 is 9.47 Å². The van der Waals surface area contributed by atoms with E-state index in [0.29, 0.717) is 23.3 Å². The Labute approximate surface area is 160 Å². The Kier molecular flexibility index (Phi) is 3.99. The molecule has 0 aliphatic rings. The molecule has 6 heteroatoms. The number of ether oxygens (including phenoxy) is 2. The summed E-state index contributed by atoms with van der Waals surface area (Å²) in [5.41, 5.74) is 3.23. The summed E-state index contributed by atoms with van der Waals surface area (Å²) in [6.07, 6.45) is 3.22. The standard InChI is InChI=1S/C22H14N4O2/c1-3-7-19-17(5-1)23-13-21(25-19)27-15-9-11-16(12-10-15)28-22-14-24-18-6-2-4-8-20(18)26-22/h1-14H. The van der Waals surface area contributed by atoms with E-state index >= 15 is 0 Å². The first-order chi connectivity index (χ1) is 13.8. The van der Waals surface area contributed by atoms with Crippen LogP contribution in [0, 0.1) is 0 Å². The highest BCUT2D eigenvalue weighted by Crippen LogP contribution is 2.26. The monoisotopic (exact) mass is 366 g/mol. The zero-order valence-corrected chi connectivity index (χ0v) is 14.7. The van der Waals surface area contributed by atoms with Gasteiger partial charge in [-0.05, 0) is 48.5 Å². The molecule has 5 aromatic rings. The normalized spacial score (nSPS) is 10.9. The van der Waals surface area contributed by atoms with Crippen molar-refractivity contribution in [2.24, 2.45) is 0 Å². The smallest absolute Gasteiger partial charge is 0.238 e. The van der Waals surface area contributed by atoms with Gasteiger partial charge in [-0.2, -0.15) is 0 Å². The van der Waals surface area contributed by atoms with Crippen LogP contribution in [0.3, 0.4) is 0 Å². The van der Waals surface area contributed by atoms with E-state index in [0.717, 1.165) is 22.1 Å². The van der Waals surface area contributed by atoms with Gasteiger partial charge < -0.3 is 9.47 Å². The van der Waals surface area contributed by atoms with E-state index in [2.05, 4.69) is 19.9 Å². The number of hydrogen-bond donors (Lipinski definition) is 0. The molecule has 0 amide bonds. The van der Waals surface area contributed by atoms with E-state index in [1.165, 1.54) is 0 Å². The maximum absolute atomic E-state index is 5.79. The van der Waals surface area contributed by atoms with E-state index in [4.69, 9.17) is 9.47 Å². The Morgan fingerprint density at radius 1 is 0.464 bits per heavy atom. The van der Waals surface area contributed by atoms with Gasteiger partial charge in [-0.15, -0.1) is 0 Å². The van der Waals surface area contributed by atoms with Crippen LogP contribution in [-0.4, -0.2) is 19.9 Å². The summed E-state index contributed by atoms with van der Waals surface area (Å²) < 4.78 is 11.6. The van der Waals surface area contributed by atoms with Crippen molar-refractivity contribution >= 4 is 22.1 Å². The Balaban J connectivity index is 1.32. The molecule has 0 saturated heterocycles. The quantitative estimate of drug-likeness (QED) is 0.438. The van der Waals surface area contributed by atoms with Crippen molar-refractivity contribution in [3.63, 3.8) is 0 Å². The molecular formula is C22H14N4O2. The van der Waals surface area contributed by atoms with Crippen LogP contribution in [-0.2, 0) is 0 Å². The first-order valence-electron chi connectivity index (χ1n) is 8.73. The SMILES string of the molecule is c1ccc2nc(Oc3ccc(Oc4cnc5ccccc5n4)cc3)cnc2c1. The number of para-hydroxylation sites is 4. The van der Waals surface area contributed by atoms with Gasteiger partial charge in [0.2, 0.25) is 11.8 Å². The zero-order chi connectivity index (χ0) is 18.8. The van der Waals surface area contributed by atoms with Crippen LogP contribution in [0.25, 0.3) is 22.1 Å². The number of hydrogen-bond acceptors (Lipinski definition) is 6. The number of rotatable bonds is 4. The molecular weight excluding hydrogens is 352 g/mol. The first kappa shape index (κ1) is 16.1. The van der Waals surface area contributed by atoms with E-state index in [1.54, 1.807) is 36.7 Å². The molecule has 0 fully saturated rings. The van der Waals surface area contributed by atoms with Crippen LogP contribution in [0.1, 0.15) is 0 Å². The van der Waals surface area contributed by atoms with Gasteiger partial charge in [0.15, 0.2) is 0 Å². The molecule has 2 heterocycles. The van der Waals surface area contributed by atoms with Gasteiger partial charge in [0, 0.05) is 0 Å². The fourth-order valence-corrected chi connectivity index (χ4v) is 2.80. The van der Waals surface area contributed by atoms with Gasteiger partial charge in [0.1, 0.15) is 11.5 Å². The zero-order valence-electron chi connectivity index (χ0n) is 14.7. The molecule has 0 atom stereocenters. The Hall–Kier alpha value is -4.06. The molecule has 134 valence electrons. The summed E-state index contributed by atoms with van der Waals surface area (Å²) in [5, 5.41) is 0. The molecule has 0 saturated carbocycles. The predicted octanol–water partition coefficient (Wildman–Crippen LogP) is 5.16. The minimum absolute atomic E-state index is 0.438. The third-order valence-electron chi connectivity index (χ3n) is 4.12. The lowest BCUT2D eigenvalue weighted by Gasteiger charge is -2.08. The molecule has 28 heavy (non-hydrogen) atoms. The molecule has 0 radical (unpaired) electrons. The van der Waals surface area contributed by atoms with Gasteiger partial charge in [0.25, 0.3) is 0 Å². The van der Waals surface area contributed by atoms with Crippen molar-refractivity contribution in [3.05, 3.63) is 85.2 Å². The highest BCUT2D eigenvalue weighted by Gasteiger charge is 2.05. The van der Waals surface area contributed by atoms with Gasteiger partial charge >= 0.3 is 0 Å². The maximum Gasteiger partial charge on any atom is 0.238 e. The second-order valence-corrected chi connectivity index (χ2v) is 6.07. The molecule has 5 rings (SSSR count). The average molecular weight is 366 g/mol. The van der Waals surface area contributed by atoms with Crippen molar-refractivity contribution < 1.29 is 9.47 Å². The van der Waals surface area contributed by atoms with Crippen molar-refractivity contribution in [2.45, 2.75) is 0 Å². The minimum atomic E-state index is 0.438. The van der Waals surface area contributed by atoms with E-state index in [9.17, 15) is 0 Å². The summed E-state index contributed by atoms with van der Waals surface area (Å²) in [6.45, 7) is 0. The summed E-state index contributed by atoms with van der Waals surface area (Å²) >= 11 is 0. The van der Waals surface area contributed by atoms with Crippen molar-refractivity contribution in [1.29, 1.82) is 0 Å². The molecule has 0 aliphatic heterocycles. The third kappa shape index (κ3) is 3.31. The van der Waals surface area contributed by atoms with Gasteiger partial charge in [-0.3, -0.25) is 0 Å². The molecule has 2 aromatic heterocycles. The molecule has 0 unspecified atom stereocenters. The van der Waals surface area contributed by atoms with Crippen molar-refractivity contribution in [1.82, 2.24) is 19.9 Å². The lowest BCUT2D eigenvalue weighted by atomic mass is 10.3. The Morgan fingerprint density at radius 3 is 1.29 bits per heavy atom. The lowest BCUT2D eigenvalue weighted by Crippen LogP contribution is -1.92. The third-order valence-corrected chi connectivity index (χ3v) is 4.12. The minimum Gasteiger partial charge on any atom is -0.437 e. The van der Waals surface area contributed by atoms with Crippen molar-refractivity contribution in [2.75, 3.05) is 0 Å². The largest absolute Gasteiger partial charge is 0.437 e. The fourth-order valence-electron chi connectivity index (χ4n) is 2.80. The second kappa shape index (κ2) is 6.92. The van der Waals surface area contributed by atoms with Gasteiger partial charge in [-0.1, -0.05) is 24.3 Å². The number of nitrogens with zero attached hydrogens (tertiary/aromatic N) is 4. The van der Waals surface area contributed by atoms with Crippen LogP contribution >= 0.6 is 0 Å². The molecule has 6 nitrogen and oxygen atoms in total. The number of aromatic nitrogens is 4. The molecule has 0 spiro atoms. The van der Waals surface area contributed by atoms with Crippen molar-refractivity contribution in [3.8, 4) is 23.3 Å². The highest BCUT2D eigenvalue weighted by molar-refractivity contribution is 5.74. The van der Waals surface area contributed by atoms with Gasteiger partial charge in [-0.25, -0.2) is 19.9 Å². The van der Waals surface area contributed by atoms with E-state index in [1.807, 2.05) is 48.5 Å². The second-order valence-electron chi connectivity index (χ2n) is 6.07. The Morgan fingerprint density at radius 2 is 0.857 bits per heavy atom. The molecule has 0 aliphatic carbocycles. The van der Waals surface area contributed by atoms with Crippen LogP contribution in [0.4, 0.5) is 0 Å². The number of benzene rings is 3. The summed E-state index contributed by atoms with van der Waals surface area (Å²) in [5.74, 6) is 2.16.